The van der Waals surface area contributed by atoms with Gasteiger partial charge in [0.2, 0.25) is 5.95 Å². The van der Waals surface area contributed by atoms with Crippen molar-refractivity contribution in [3.05, 3.63) is 38.6 Å². The predicted molar refractivity (Wildman–Crippen MR) is 102 cm³/mol. The van der Waals surface area contributed by atoms with Gasteiger partial charge in [0.25, 0.3) is 5.56 Å². The van der Waals surface area contributed by atoms with Crippen molar-refractivity contribution < 1.29 is 0 Å². The normalized spacial score (nSPS) is 24.9. The minimum absolute atomic E-state index is 0.184. The maximum Gasteiger partial charge on any atom is 0.268 e. The van der Waals surface area contributed by atoms with Crippen LogP contribution in [0.1, 0.15) is 6.42 Å². The van der Waals surface area contributed by atoms with E-state index in [-0.39, 0.29) is 17.4 Å². The van der Waals surface area contributed by atoms with Crippen LogP contribution in [-0.4, -0.2) is 29.1 Å². The number of nitrogen functional groups attached to an aromatic ring is 1. The van der Waals surface area contributed by atoms with Gasteiger partial charge in [-0.3, -0.25) is 9.78 Å². The molecule has 3 unspecified atom stereocenters. The molecule has 0 radical (unpaired) electrons. The lowest BCUT2D eigenvalue weighted by atomic mass is 9.72. The number of benzene rings is 1. The molecule has 1 aliphatic carbocycles. The Labute approximate surface area is 158 Å². The van der Waals surface area contributed by atoms with E-state index in [1.54, 1.807) is 18.2 Å². The van der Waals surface area contributed by atoms with Crippen molar-refractivity contribution in [3.8, 4) is 0 Å². The van der Waals surface area contributed by atoms with Crippen molar-refractivity contribution in [1.82, 2.24) is 9.97 Å². The van der Waals surface area contributed by atoms with Crippen LogP contribution in [0.3, 0.4) is 0 Å². The fourth-order valence-corrected chi connectivity index (χ4v) is 4.85. The highest BCUT2D eigenvalue weighted by atomic mass is 35.5. The Morgan fingerprint density at radius 3 is 2.80 bits per heavy atom. The number of anilines is 2. The number of nitrogens with two attached hydrogens (primary N) is 2. The first-order chi connectivity index (χ1) is 11.9. The third-order valence-electron chi connectivity index (χ3n) is 4.93. The van der Waals surface area contributed by atoms with Crippen LogP contribution >= 0.6 is 35.0 Å². The number of hydrogen-bond donors (Lipinski definition) is 3. The Morgan fingerprint density at radius 1 is 1.32 bits per heavy atom. The highest BCUT2D eigenvalue weighted by molar-refractivity contribution is 7.99. The first kappa shape index (κ1) is 17.0. The summed E-state index contributed by atoms with van der Waals surface area (Å²) in [5.41, 5.74) is 11.8. The fraction of sp³-hybridized carbons (Fsp3) is 0.375. The summed E-state index contributed by atoms with van der Waals surface area (Å²) < 4.78 is 0. The number of halogens is 2. The van der Waals surface area contributed by atoms with Crippen molar-refractivity contribution >= 4 is 46.7 Å². The maximum atomic E-state index is 12.5. The van der Waals surface area contributed by atoms with Gasteiger partial charge in [0.1, 0.15) is 10.7 Å². The molecule has 132 valence electrons. The molecule has 3 atom stereocenters. The topological polar surface area (TPSA) is 101 Å². The lowest BCUT2D eigenvalue weighted by Gasteiger charge is -2.35. The molecule has 1 saturated heterocycles. The van der Waals surface area contributed by atoms with Crippen LogP contribution in [0.4, 0.5) is 11.8 Å². The number of hydrogen-bond acceptors (Lipinski definition) is 6. The average Bonchev–Trinajstić information content (AvgIpc) is 2.91. The van der Waals surface area contributed by atoms with Gasteiger partial charge >= 0.3 is 0 Å². The Hall–Kier alpha value is -1.41. The Balaban J connectivity index is 1.61. The summed E-state index contributed by atoms with van der Waals surface area (Å²) in [6.07, 6.45) is 1.03. The molecule has 1 saturated carbocycles. The Kier molecular flexibility index (Phi) is 4.35. The average molecular weight is 398 g/mol. The molecule has 1 aromatic heterocycles. The number of nitrogens with zero attached hydrogens (tertiary/aromatic N) is 2. The molecule has 9 heteroatoms. The standard InChI is InChI=1S/C16H17Cl2N5OS/c17-9-2-1-3-11(12(9)18)25-13-14(20)21-16(22-15(13)24)23-5-7-4-10(19)8(7)6-23/h1-3,7-8,10H,4-6,19H2,(H3,20,21,22,24). The quantitative estimate of drug-likeness (QED) is 0.735. The maximum absolute atomic E-state index is 12.5. The number of nitrogens with one attached hydrogen (secondary N) is 1. The second-order valence-electron chi connectivity index (χ2n) is 6.49. The fourth-order valence-electron chi connectivity index (χ4n) is 3.52. The van der Waals surface area contributed by atoms with Gasteiger partial charge in [0.15, 0.2) is 0 Å². The number of rotatable bonds is 3. The van der Waals surface area contributed by atoms with Gasteiger partial charge in [0, 0.05) is 24.0 Å². The smallest absolute Gasteiger partial charge is 0.268 e. The minimum Gasteiger partial charge on any atom is -0.382 e. The lowest BCUT2D eigenvalue weighted by Crippen LogP contribution is -2.46. The summed E-state index contributed by atoms with van der Waals surface area (Å²) >= 11 is 13.4. The molecule has 1 aromatic carbocycles. The van der Waals surface area contributed by atoms with E-state index < -0.39 is 0 Å². The molecule has 2 heterocycles. The van der Waals surface area contributed by atoms with E-state index >= 15 is 0 Å². The molecule has 0 spiro atoms. The largest absolute Gasteiger partial charge is 0.382 e. The van der Waals surface area contributed by atoms with E-state index in [2.05, 4.69) is 14.9 Å². The molecule has 0 bridgehead atoms. The zero-order chi connectivity index (χ0) is 17.7. The second kappa shape index (κ2) is 6.39. The molecule has 2 aliphatic rings. The third-order valence-corrected chi connectivity index (χ3v) is 7.02. The first-order valence-electron chi connectivity index (χ1n) is 7.96. The second-order valence-corrected chi connectivity index (χ2v) is 8.32. The molecular formula is C16H17Cl2N5OS. The van der Waals surface area contributed by atoms with Crippen LogP contribution in [0, 0.1) is 11.8 Å². The van der Waals surface area contributed by atoms with Gasteiger partial charge in [-0.15, -0.1) is 0 Å². The van der Waals surface area contributed by atoms with Gasteiger partial charge in [0.05, 0.1) is 10.0 Å². The van der Waals surface area contributed by atoms with E-state index in [9.17, 15) is 4.79 Å². The molecule has 25 heavy (non-hydrogen) atoms. The highest BCUT2D eigenvalue weighted by Crippen LogP contribution is 2.41. The summed E-state index contributed by atoms with van der Waals surface area (Å²) in [5.74, 6) is 1.75. The summed E-state index contributed by atoms with van der Waals surface area (Å²) in [5, 5.41) is 0.817. The van der Waals surface area contributed by atoms with Crippen LogP contribution < -0.4 is 21.9 Å². The van der Waals surface area contributed by atoms with Crippen LogP contribution in [0.2, 0.25) is 10.0 Å². The molecule has 5 N–H and O–H groups in total. The van der Waals surface area contributed by atoms with Crippen LogP contribution in [0.15, 0.2) is 32.8 Å². The molecule has 2 aromatic rings. The molecule has 1 aliphatic heterocycles. The monoisotopic (exact) mass is 397 g/mol. The lowest BCUT2D eigenvalue weighted by molar-refractivity contribution is 0.194. The highest BCUT2D eigenvalue weighted by Gasteiger charge is 2.45. The molecule has 6 nitrogen and oxygen atoms in total. The zero-order valence-corrected chi connectivity index (χ0v) is 15.5. The van der Waals surface area contributed by atoms with Crippen molar-refractivity contribution in [2.24, 2.45) is 17.6 Å². The minimum atomic E-state index is -0.285. The third kappa shape index (κ3) is 2.99. The van der Waals surface area contributed by atoms with Gasteiger partial charge in [-0.1, -0.05) is 41.0 Å². The van der Waals surface area contributed by atoms with E-state index in [0.717, 1.165) is 31.3 Å². The van der Waals surface area contributed by atoms with Crippen LogP contribution in [-0.2, 0) is 0 Å². The van der Waals surface area contributed by atoms with E-state index in [1.165, 1.54) is 0 Å². The SMILES string of the molecule is Nc1nc(N2CC3CC(N)C3C2)[nH]c(=O)c1Sc1cccc(Cl)c1Cl. The number of fused-ring (bicyclic) bond motifs is 1. The van der Waals surface area contributed by atoms with Gasteiger partial charge in [-0.05, 0) is 30.4 Å². The van der Waals surface area contributed by atoms with Crippen molar-refractivity contribution in [3.63, 3.8) is 0 Å². The van der Waals surface area contributed by atoms with E-state index in [4.69, 9.17) is 34.7 Å². The Morgan fingerprint density at radius 2 is 2.12 bits per heavy atom. The van der Waals surface area contributed by atoms with Crippen LogP contribution in [0.5, 0.6) is 0 Å². The first-order valence-corrected chi connectivity index (χ1v) is 9.53. The molecule has 4 rings (SSSR count). The molecule has 0 amide bonds. The zero-order valence-electron chi connectivity index (χ0n) is 13.2. The van der Waals surface area contributed by atoms with E-state index in [0.29, 0.717) is 37.6 Å². The van der Waals surface area contributed by atoms with Crippen molar-refractivity contribution in [2.45, 2.75) is 22.3 Å². The van der Waals surface area contributed by atoms with Crippen molar-refractivity contribution in [1.29, 1.82) is 0 Å². The van der Waals surface area contributed by atoms with E-state index in [1.807, 2.05) is 0 Å². The molecule has 2 fully saturated rings. The van der Waals surface area contributed by atoms with Gasteiger partial charge in [-0.25, -0.2) is 0 Å². The number of aromatic amines is 1. The molecular weight excluding hydrogens is 381 g/mol. The summed E-state index contributed by atoms with van der Waals surface area (Å²) in [6, 6.07) is 5.49. The predicted octanol–water partition coefficient (Wildman–Crippen LogP) is 2.59. The van der Waals surface area contributed by atoms with Gasteiger partial charge < -0.3 is 16.4 Å². The van der Waals surface area contributed by atoms with Crippen molar-refractivity contribution in [2.75, 3.05) is 23.7 Å². The summed E-state index contributed by atoms with van der Waals surface area (Å²) in [4.78, 5) is 22.8. The summed E-state index contributed by atoms with van der Waals surface area (Å²) in [6.45, 7) is 1.66. The summed E-state index contributed by atoms with van der Waals surface area (Å²) in [7, 11) is 0. The Bertz CT molecular complexity index is 889. The van der Waals surface area contributed by atoms with Crippen LogP contribution in [0.25, 0.3) is 0 Å². The number of aromatic nitrogens is 2. The number of H-pyrrole nitrogens is 1. The van der Waals surface area contributed by atoms with Gasteiger partial charge in [-0.2, -0.15) is 4.98 Å².